The molecule has 4 aromatic heterocycles. The molecule has 0 amide bonds. The summed E-state index contributed by atoms with van der Waals surface area (Å²) < 4.78 is 0. The number of aryl methyl sites for hydroxylation is 4. The highest BCUT2D eigenvalue weighted by Crippen LogP contribution is 2.30. The third kappa shape index (κ3) is 15.9. The third-order valence-electron chi connectivity index (χ3n) is 17.1. The second-order valence-electron chi connectivity index (χ2n) is 23.5. The van der Waals surface area contributed by atoms with Gasteiger partial charge in [0.05, 0.1) is 0 Å². The Morgan fingerprint density at radius 3 is 0.613 bits per heavy atom. The number of benzene rings is 4. The highest BCUT2D eigenvalue weighted by Gasteiger charge is 2.19. The van der Waals surface area contributed by atoms with Gasteiger partial charge in [-0.3, -0.25) is 0 Å². The van der Waals surface area contributed by atoms with Gasteiger partial charge in [-0.25, -0.2) is 0 Å². The summed E-state index contributed by atoms with van der Waals surface area (Å²) in [5, 5.41) is 4.35. The molecule has 4 N–H and O–H groups in total. The number of hydrogen-bond donors (Lipinski definition) is 4. The molecule has 0 atom stereocenters. The molecule has 0 saturated heterocycles. The maximum atomic E-state index is 4.06. The molecule has 0 aliphatic carbocycles. The molecule has 0 saturated carbocycles. The molecule has 4 aromatic carbocycles. The van der Waals surface area contributed by atoms with E-state index in [1.807, 2.05) is 0 Å². The van der Waals surface area contributed by atoms with Crippen molar-refractivity contribution in [2.24, 2.45) is 0 Å². The van der Waals surface area contributed by atoms with Gasteiger partial charge >= 0.3 is 0 Å². The van der Waals surface area contributed by atoms with Crippen LogP contribution in [-0.2, 0) is 25.7 Å². The summed E-state index contributed by atoms with van der Waals surface area (Å²) in [7, 11) is 0. The molecular weight excluding hydrogens is 969 g/mol. The summed E-state index contributed by atoms with van der Waals surface area (Å²) in [6, 6.07) is 56.2. The number of H-pyrrole nitrogens is 4. The number of nitrogens with one attached hydrogen (secondary N) is 4. The molecule has 0 spiro atoms. The van der Waals surface area contributed by atoms with E-state index in [1.165, 1.54) is 199 Å². The van der Waals surface area contributed by atoms with Crippen LogP contribution in [0.3, 0.4) is 0 Å². The first-order valence-corrected chi connectivity index (χ1v) is 32.2. The molecule has 4 heteroatoms. The fourth-order valence-corrected chi connectivity index (χ4v) is 12.4. The molecule has 1 aliphatic heterocycles. The second-order valence-corrected chi connectivity index (χ2v) is 23.5. The Morgan fingerprint density at radius 2 is 0.400 bits per heavy atom. The average Bonchev–Trinajstić information content (AvgIpc) is 4.37. The number of aromatic amines is 4. The molecule has 5 heterocycles. The van der Waals surface area contributed by atoms with E-state index in [9.17, 15) is 0 Å². The van der Waals surface area contributed by atoms with Crippen molar-refractivity contribution in [2.45, 2.75) is 207 Å². The molecule has 0 unspecified atom stereocenters. The smallest absolute Gasteiger partial charge is 0.0485 e. The van der Waals surface area contributed by atoms with Gasteiger partial charge in [-0.05, 0) is 144 Å². The Bertz CT molecular complexity index is 2900. The number of aromatic nitrogens is 4. The Morgan fingerprint density at radius 1 is 0.200 bits per heavy atom. The van der Waals surface area contributed by atoms with Crippen molar-refractivity contribution in [1.29, 1.82) is 0 Å². The van der Waals surface area contributed by atoms with Gasteiger partial charge in [0, 0.05) is 66.5 Å². The van der Waals surface area contributed by atoms with E-state index in [1.54, 1.807) is 0 Å². The minimum atomic E-state index is 1.09. The van der Waals surface area contributed by atoms with Crippen LogP contribution >= 0.6 is 0 Å². The van der Waals surface area contributed by atoms with Crippen LogP contribution in [0.1, 0.15) is 249 Å². The number of fused-ring (bicyclic) bond motifs is 8. The largest absolute Gasteiger partial charge is 0.354 e. The lowest BCUT2D eigenvalue weighted by atomic mass is 9.99. The van der Waals surface area contributed by atoms with Crippen LogP contribution in [0.4, 0.5) is 0 Å². The van der Waals surface area contributed by atoms with E-state index in [0.29, 0.717) is 0 Å². The predicted octanol–water partition coefficient (Wildman–Crippen LogP) is 17.9. The van der Waals surface area contributed by atoms with Gasteiger partial charge in [0.1, 0.15) is 0 Å². The van der Waals surface area contributed by atoms with Gasteiger partial charge in [0.15, 0.2) is 0 Å². The highest BCUT2D eigenvalue weighted by atomic mass is 14.8. The zero-order chi connectivity index (χ0) is 55.1. The summed E-state index contributed by atoms with van der Waals surface area (Å²) in [6.07, 6.45) is 35.9. The predicted molar refractivity (Wildman–Crippen MR) is 342 cm³/mol. The van der Waals surface area contributed by atoms with E-state index < -0.39 is 0 Å². The SMILES string of the molecule is CCCCCCCCc1ccc(C2=c3ccc([nH]3)=C(c3ccc(CCCCCCCC)cc3)c3ccc([nH]3)C(c3ccc(CCCCCCCC)cc3)=c3ccc([nH]3)=C(c3ccc(CCCCCCCC)cc3)c3ccc2[nH]3)cc1. The quantitative estimate of drug-likeness (QED) is 0.0304. The first kappa shape index (κ1) is 58.1. The Hall–Kier alpha value is -6.52. The van der Waals surface area contributed by atoms with Gasteiger partial charge in [-0.1, -0.05) is 253 Å². The van der Waals surface area contributed by atoms with Crippen LogP contribution < -0.4 is 21.4 Å². The van der Waals surface area contributed by atoms with Crippen LogP contribution in [0.15, 0.2) is 146 Å². The van der Waals surface area contributed by atoms with Gasteiger partial charge in [-0.2, -0.15) is 0 Å². The molecule has 8 aromatic rings. The third-order valence-corrected chi connectivity index (χ3v) is 17.1. The molecule has 1 aliphatic rings. The van der Waals surface area contributed by atoms with E-state index >= 15 is 0 Å². The lowest BCUT2D eigenvalue weighted by Gasteiger charge is -2.11. The normalized spacial score (nSPS) is 12.6. The lowest BCUT2D eigenvalue weighted by Crippen LogP contribution is -2.19. The Kier molecular flexibility index (Phi) is 22.5. The van der Waals surface area contributed by atoms with Crippen molar-refractivity contribution in [3.05, 3.63) is 234 Å². The highest BCUT2D eigenvalue weighted by molar-refractivity contribution is 5.85. The van der Waals surface area contributed by atoms with Crippen molar-refractivity contribution >= 4 is 22.3 Å². The van der Waals surface area contributed by atoms with Gasteiger partial charge < -0.3 is 19.9 Å². The van der Waals surface area contributed by atoms with Crippen molar-refractivity contribution in [2.75, 3.05) is 0 Å². The van der Waals surface area contributed by atoms with E-state index in [-0.39, 0.29) is 0 Å². The molecular formula is C76H96N4. The fraction of sp³-hybridized carbons (Fsp3) is 0.421. The van der Waals surface area contributed by atoms with Crippen molar-refractivity contribution in [3.63, 3.8) is 0 Å². The standard InChI is InChI=1S/C76H96N4/c1-5-9-13-17-21-25-29-57-33-41-61(42-34-57)73-65-49-51-67(77-65)74(62-43-35-58(36-44-62)30-26-22-18-14-10-6-2)69-53-55-71(79-69)76(64-47-39-60(40-48-64)32-28-24-20-16-12-8-4)72-56-54-70(80-72)75(68-52-50-66(73)78-68)63-45-37-59(38-46-63)31-27-23-19-15-11-7-3/h33-56,77-80H,5-32H2,1-4H3. The molecule has 80 heavy (non-hydrogen) atoms. The van der Waals surface area contributed by atoms with Gasteiger partial charge in [-0.15, -0.1) is 0 Å². The maximum absolute atomic E-state index is 4.06. The molecule has 4 nitrogen and oxygen atoms in total. The van der Waals surface area contributed by atoms with E-state index in [0.717, 1.165) is 92.1 Å². The Balaban J connectivity index is 1.17. The van der Waals surface area contributed by atoms with Crippen LogP contribution in [0.2, 0.25) is 0 Å². The minimum Gasteiger partial charge on any atom is -0.354 e. The minimum absolute atomic E-state index is 1.09. The summed E-state index contributed by atoms with van der Waals surface area (Å²) in [5.41, 5.74) is 19.4. The van der Waals surface area contributed by atoms with Crippen molar-refractivity contribution in [1.82, 2.24) is 19.9 Å². The number of unbranched alkanes of at least 4 members (excludes halogenated alkanes) is 20. The van der Waals surface area contributed by atoms with Gasteiger partial charge in [0.25, 0.3) is 0 Å². The number of hydrogen-bond acceptors (Lipinski definition) is 0. The van der Waals surface area contributed by atoms with Crippen LogP contribution in [0.25, 0.3) is 22.3 Å². The molecule has 420 valence electrons. The van der Waals surface area contributed by atoms with Crippen LogP contribution in [-0.4, -0.2) is 19.9 Å². The summed E-state index contributed by atoms with van der Waals surface area (Å²) in [5.74, 6) is 0. The van der Waals surface area contributed by atoms with Crippen LogP contribution in [0.5, 0.6) is 0 Å². The first-order valence-electron chi connectivity index (χ1n) is 32.2. The lowest BCUT2D eigenvalue weighted by molar-refractivity contribution is 0.607. The topological polar surface area (TPSA) is 63.2 Å². The van der Waals surface area contributed by atoms with Crippen molar-refractivity contribution in [3.8, 4) is 0 Å². The first-order chi connectivity index (χ1) is 39.5. The molecule has 8 bridgehead atoms. The fourth-order valence-electron chi connectivity index (χ4n) is 12.4. The van der Waals surface area contributed by atoms with Gasteiger partial charge in [0.2, 0.25) is 0 Å². The van der Waals surface area contributed by atoms with Crippen LogP contribution in [0, 0.1) is 0 Å². The summed E-state index contributed by atoms with van der Waals surface area (Å²) >= 11 is 0. The molecule has 0 radical (unpaired) electrons. The van der Waals surface area contributed by atoms with E-state index in [2.05, 4.69) is 193 Å². The Labute approximate surface area is 481 Å². The summed E-state index contributed by atoms with van der Waals surface area (Å²) in [4.78, 5) is 16.3. The summed E-state index contributed by atoms with van der Waals surface area (Å²) in [6.45, 7) is 9.19. The zero-order valence-electron chi connectivity index (χ0n) is 49.7. The monoisotopic (exact) mass is 1060 g/mol. The van der Waals surface area contributed by atoms with Crippen molar-refractivity contribution < 1.29 is 0 Å². The molecule has 9 rings (SSSR count). The second kappa shape index (κ2) is 30.9. The number of rotatable bonds is 32. The maximum Gasteiger partial charge on any atom is 0.0485 e. The van der Waals surface area contributed by atoms with E-state index in [4.69, 9.17) is 0 Å². The zero-order valence-corrected chi connectivity index (χ0v) is 49.7. The molecule has 0 fully saturated rings. The average molecular weight is 1070 g/mol.